The van der Waals surface area contributed by atoms with Crippen LogP contribution in [0.4, 0.5) is 0 Å². The van der Waals surface area contributed by atoms with Crippen molar-refractivity contribution in [1.82, 2.24) is 14.3 Å². The Bertz CT molecular complexity index is 288. The molecule has 10 heavy (non-hydrogen) atoms. The van der Waals surface area contributed by atoms with Gasteiger partial charge in [0.2, 0.25) is 0 Å². The van der Waals surface area contributed by atoms with Gasteiger partial charge in [0.1, 0.15) is 11.8 Å². The second kappa shape index (κ2) is 2.72. The molecule has 0 aliphatic rings. The first-order valence-electron chi connectivity index (χ1n) is 2.83. The number of rotatable bonds is 1. The lowest BCUT2D eigenvalue weighted by Crippen LogP contribution is -1.95. The monoisotopic (exact) mass is 177 g/mol. The van der Waals surface area contributed by atoms with Crippen molar-refractivity contribution in [2.45, 2.75) is 12.9 Å². The fraction of sp³-hybridized carbons (Fsp3) is 0.600. The van der Waals surface area contributed by atoms with Gasteiger partial charge in [-0.15, -0.1) is 11.6 Å². The highest BCUT2D eigenvalue weighted by atomic mass is 35.5. The molecule has 1 heterocycles. The number of nitrogens with zero attached hydrogens (tertiary/aromatic N) is 3. The molecular formula is C5H8ClN3S. The average Bonchev–Trinajstić information content (AvgIpc) is 2.17. The molecule has 0 fully saturated rings. The zero-order valence-corrected chi connectivity index (χ0v) is 7.41. The number of hydrogen-bond acceptors (Lipinski definition) is 2. The molecule has 0 aliphatic heterocycles. The maximum atomic E-state index is 5.54. The van der Waals surface area contributed by atoms with Crippen LogP contribution in [0, 0.1) is 11.7 Å². The number of aryl methyl sites for hydroxylation is 1. The summed E-state index contributed by atoms with van der Waals surface area (Å²) in [6.45, 7) is 1.89. The molecule has 1 aromatic rings. The van der Waals surface area contributed by atoms with Crippen LogP contribution in [0.1, 0.15) is 5.82 Å². The average molecular weight is 178 g/mol. The minimum atomic E-state index is 0.320. The number of aromatic nitrogens is 3. The Morgan fingerprint density at radius 3 is 2.50 bits per heavy atom. The van der Waals surface area contributed by atoms with Gasteiger partial charge in [-0.1, -0.05) is 0 Å². The van der Waals surface area contributed by atoms with Gasteiger partial charge in [0.15, 0.2) is 4.77 Å². The zero-order chi connectivity index (χ0) is 7.72. The molecule has 1 rings (SSSR count). The minimum absolute atomic E-state index is 0.320. The largest absolute Gasteiger partial charge is 0.307 e. The molecule has 56 valence electrons. The molecule has 5 heteroatoms. The third-order valence-electron chi connectivity index (χ3n) is 1.37. The predicted octanol–water partition coefficient (Wildman–Crippen LogP) is 1.46. The van der Waals surface area contributed by atoms with Crippen molar-refractivity contribution in [3.05, 3.63) is 10.6 Å². The summed E-state index contributed by atoms with van der Waals surface area (Å²) in [4.78, 5) is 0. The lowest BCUT2D eigenvalue weighted by molar-refractivity contribution is 0.718. The summed E-state index contributed by atoms with van der Waals surface area (Å²) in [5.41, 5.74) is 0. The number of alkyl halides is 1. The van der Waals surface area contributed by atoms with E-state index in [4.69, 9.17) is 23.8 Å². The highest BCUT2D eigenvalue weighted by molar-refractivity contribution is 7.71. The Kier molecular flexibility index (Phi) is 2.11. The van der Waals surface area contributed by atoms with Crippen LogP contribution in [0.3, 0.4) is 0 Å². The lowest BCUT2D eigenvalue weighted by Gasteiger charge is -1.89. The third kappa shape index (κ3) is 1.09. The molecule has 1 aromatic heterocycles. The van der Waals surface area contributed by atoms with Crippen LogP contribution < -0.4 is 0 Å². The SMILES string of the molecule is Cc1nn(CCl)c(=S)n1C. The van der Waals surface area contributed by atoms with E-state index in [1.807, 2.05) is 18.5 Å². The Balaban J connectivity index is 3.31. The summed E-state index contributed by atoms with van der Waals surface area (Å²) in [7, 11) is 1.87. The summed E-state index contributed by atoms with van der Waals surface area (Å²) < 4.78 is 4.05. The van der Waals surface area contributed by atoms with E-state index in [0.29, 0.717) is 10.8 Å². The van der Waals surface area contributed by atoms with E-state index in [9.17, 15) is 0 Å². The van der Waals surface area contributed by atoms with Crippen molar-refractivity contribution in [2.75, 3.05) is 0 Å². The molecule has 0 radical (unpaired) electrons. The van der Waals surface area contributed by atoms with Gasteiger partial charge < -0.3 is 4.57 Å². The van der Waals surface area contributed by atoms with Gasteiger partial charge in [-0.3, -0.25) is 0 Å². The topological polar surface area (TPSA) is 22.8 Å². The Morgan fingerprint density at radius 1 is 1.70 bits per heavy atom. The van der Waals surface area contributed by atoms with Crippen LogP contribution >= 0.6 is 23.8 Å². The lowest BCUT2D eigenvalue weighted by atomic mass is 10.7. The normalized spacial score (nSPS) is 10.3. The standard InChI is InChI=1S/C5H8ClN3S/c1-4-7-9(3-6)5(10)8(4)2/h3H2,1-2H3. The third-order valence-corrected chi connectivity index (χ3v) is 2.08. The molecule has 0 N–H and O–H groups in total. The molecule has 0 unspecified atom stereocenters. The van der Waals surface area contributed by atoms with E-state index >= 15 is 0 Å². The second-order valence-corrected chi connectivity index (χ2v) is 2.61. The van der Waals surface area contributed by atoms with Crippen molar-refractivity contribution in [3.8, 4) is 0 Å². The van der Waals surface area contributed by atoms with Gasteiger partial charge in [-0.2, -0.15) is 5.10 Å². The summed E-state index contributed by atoms with van der Waals surface area (Å²) >= 11 is 10.5. The maximum Gasteiger partial charge on any atom is 0.198 e. The minimum Gasteiger partial charge on any atom is -0.307 e. The Hall–Kier alpha value is -0.350. The predicted molar refractivity (Wildman–Crippen MR) is 42.6 cm³/mol. The van der Waals surface area contributed by atoms with E-state index in [-0.39, 0.29) is 0 Å². The van der Waals surface area contributed by atoms with Crippen LogP contribution in [0.15, 0.2) is 0 Å². The van der Waals surface area contributed by atoms with Crippen molar-refractivity contribution >= 4 is 23.8 Å². The van der Waals surface area contributed by atoms with Gasteiger partial charge in [0.25, 0.3) is 0 Å². The molecule has 3 nitrogen and oxygen atoms in total. The van der Waals surface area contributed by atoms with Crippen LogP contribution in [-0.2, 0) is 13.1 Å². The molecule has 0 atom stereocenters. The first kappa shape index (κ1) is 7.75. The molecule has 0 saturated carbocycles. The summed E-state index contributed by atoms with van der Waals surface area (Å²) in [5, 5.41) is 4.07. The molecule has 0 aliphatic carbocycles. The van der Waals surface area contributed by atoms with Gasteiger partial charge in [-0.05, 0) is 19.1 Å². The van der Waals surface area contributed by atoms with Gasteiger partial charge in [0.05, 0.1) is 0 Å². The molecular weight excluding hydrogens is 170 g/mol. The van der Waals surface area contributed by atoms with Gasteiger partial charge >= 0.3 is 0 Å². The summed E-state index contributed by atoms with van der Waals surface area (Å²) in [6, 6.07) is 0.320. The van der Waals surface area contributed by atoms with E-state index < -0.39 is 0 Å². The molecule has 0 amide bonds. The first-order chi connectivity index (χ1) is 4.66. The quantitative estimate of drug-likeness (QED) is 0.479. The number of halogens is 1. The molecule has 0 aromatic carbocycles. The molecule has 0 bridgehead atoms. The van der Waals surface area contributed by atoms with E-state index in [0.717, 1.165) is 5.82 Å². The zero-order valence-electron chi connectivity index (χ0n) is 5.83. The van der Waals surface area contributed by atoms with Crippen LogP contribution in [0.2, 0.25) is 0 Å². The van der Waals surface area contributed by atoms with Crippen molar-refractivity contribution in [3.63, 3.8) is 0 Å². The van der Waals surface area contributed by atoms with Crippen LogP contribution in [-0.4, -0.2) is 14.3 Å². The van der Waals surface area contributed by atoms with Crippen LogP contribution in [0.5, 0.6) is 0 Å². The second-order valence-electron chi connectivity index (χ2n) is 2.01. The fourth-order valence-electron chi connectivity index (χ4n) is 0.674. The fourth-order valence-corrected chi connectivity index (χ4v) is 1.15. The van der Waals surface area contributed by atoms with Crippen molar-refractivity contribution in [1.29, 1.82) is 0 Å². The maximum absolute atomic E-state index is 5.54. The first-order valence-corrected chi connectivity index (χ1v) is 3.77. The van der Waals surface area contributed by atoms with Crippen molar-refractivity contribution < 1.29 is 0 Å². The Morgan fingerprint density at radius 2 is 2.30 bits per heavy atom. The van der Waals surface area contributed by atoms with E-state index in [1.54, 1.807) is 4.68 Å². The highest BCUT2D eigenvalue weighted by Crippen LogP contribution is 1.97. The van der Waals surface area contributed by atoms with E-state index in [2.05, 4.69) is 5.10 Å². The highest BCUT2D eigenvalue weighted by Gasteiger charge is 1.99. The van der Waals surface area contributed by atoms with E-state index in [1.165, 1.54) is 0 Å². The van der Waals surface area contributed by atoms with Crippen molar-refractivity contribution in [2.24, 2.45) is 7.05 Å². The molecule has 0 spiro atoms. The van der Waals surface area contributed by atoms with Crippen LogP contribution in [0.25, 0.3) is 0 Å². The summed E-state index contributed by atoms with van der Waals surface area (Å²) in [6.07, 6.45) is 0. The Labute approximate surface area is 69.2 Å². The van der Waals surface area contributed by atoms with Gasteiger partial charge in [-0.25, -0.2) is 4.68 Å². The molecule has 0 saturated heterocycles. The smallest absolute Gasteiger partial charge is 0.198 e. The van der Waals surface area contributed by atoms with Gasteiger partial charge in [0, 0.05) is 7.05 Å². The summed E-state index contributed by atoms with van der Waals surface area (Å²) in [5.74, 6) is 0.880. The number of hydrogen-bond donors (Lipinski definition) is 0.